The Balaban J connectivity index is 1.56. The van der Waals surface area contributed by atoms with Gasteiger partial charge in [0.2, 0.25) is 0 Å². The van der Waals surface area contributed by atoms with Crippen LogP contribution in [0.3, 0.4) is 0 Å². The summed E-state index contributed by atoms with van der Waals surface area (Å²) in [6, 6.07) is 19.8. The summed E-state index contributed by atoms with van der Waals surface area (Å²) in [5, 5.41) is 3.75. The highest BCUT2D eigenvalue weighted by Crippen LogP contribution is 2.40. The molecule has 2 nitrogen and oxygen atoms in total. The lowest BCUT2D eigenvalue weighted by Gasteiger charge is -2.38. The van der Waals surface area contributed by atoms with Crippen LogP contribution in [0.1, 0.15) is 50.7 Å². The van der Waals surface area contributed by atoms with Gasteiger partial charge in [-0.25, -0.2) is 0 Å². The molecule has 0 aliphatic carbocycles. The number of rotatable bonds is 6. The molecule has 1 N–H and O–H groups in total. The van der Waals surface area contributed by atoms with E-state index < -0.39 is 0 Å². The Hall–Kier alpha value is -1.80. The maximum absolute atomic E-state index is 6.13. The predicted octanol–water partition coefficient (Wildman–Crippen LogP) is 4.94. The Morgan fingerprint density at radius 3 is 2.58 bits per heavy atom. The molecule has 0 bridgehead atoms. The summed E-state index contributed by atoms with van der Waals surface area (Å²) in [4.78, 5) is 0. The van der Waals surface area contributed by atoms with Gasteiger partial charge in [0.25, 0.3) is 0 Å². The number of hydrogen-bond acceptors (Lipinski definition) is 2. The fraction of sp³-hybridized carbons (Fsp3) is 0.455. The van der Waals surface area contributed by atoms with Crippen LogP contribution in [0.2, 0.25) is 0 Å². The van der Waals surface area contributed by atoms with Gasteiger partial charge in [0.05, 0.1) is 0 Å². The van der Waals surface area contributed by atoms with Crippen LogP contribution < -0.4 is 10.1 Å². The van der Waals surface area contributed by atoms with Gasteiger partial charge in [0.1, 0.15) is 11.4 Å². The van der Waals surface area contributed by atoms with Crippen molar-refractivity contribution in [1.29, 1.82) is 0 Å². The van der Waals surface area contributed by atoms with Crippen LogP contribution in [0, 0.1) is 0 Å². The molecule has 0 saturated carbocycles. The second kappa shape index (κ2) is 7.40. The fourth-order valence-electron chi connectivity index (χ4n) is 3.61. The molecule has 128 valence electrons. The topological polar surface area (TPSA) is 21.3 Å². The second-order valence-corrected chi connectivity index (χ2v) is 7.63. The summed E-state index contributed by atoms with van der Waals surface area (Å²) in [6.45, 7) is 7.68. The van der Waals surface area contributed by atoms with Crippen molar-refractivity contribution >= 4 is 0 Å². The number of para-hydroxylation sites is 1. The number of fused-ring (bicyclic) bond motifs is 1. The van der Waals surface area contributed by atoms with E-state index in [0.717, 1.165) is 31.6 Å². The number of nitrogens with one attached hydrogen (secondary N) is 1. The van der Waals surface area contributed by atoms with Crippen molar-refractivity contribution in [3.8, 4) is 5.75 Å². The van der Waals surface area contributed by atoms with E-state index in [4.69, 9.17) is 4.74 Å². The molecule has 1 aliphatic rings. The molecule has 0 saturated heterocycles. The molecular formula is C22H29NO. The van der Waals surface area contributed by atoms with Crippen LogP contribution in [0.4, 0.5) is 0 Å². The molecule has 0 amide bonds. The zero-order valence-electron chi connectivity index (χ0n) is 15.1. The third-order valence-electron chi connectivity index (χ3n) is 4.90. The van der Waals surface area contributed by atoms with Gasteiger partial charge >= 0.3 is 0 Å². The third kappa shape index (κ3) is 4.39. The van der Waals surface area contributed by atoms with Gasteiger partial charge in [-0.2, -0.15) is 0 Å². The van der Waals surface area contributed by atoms with Crippen molar-refractivity contribution in [2.75, 3.05) is 6.54 Å². The van der Waals surface area contributed by atoms with E-state index in [1.807, 2.05) is 0 Å². The van der Waals surface area contributed by atoms with E-state index in [1.165, 1.54) is 11.1 Å². The molecular weight excluding hydrogens is 294 g/mol. The minimum atomic E-state index is -0.0893. The van der Waals surface area contributed by atoms with Crippen molar-refractivity contribution in [2.24, 2.45) is 0 Å². The smallest absolute Gasteiger partial charge is 0.123 e. The summed E-state index contributed by atoms with van der Waals surface area (Å²) in [7, 11) is 0. The van der Waals surface area contributed by atoms with Gasteiger partial charge in [-0.1, -0.05) is 48.5 Å². The zero-order chi connectivity index (χ0) is 17.0. The maximum Gasteiger partial charge on any atom is 0.123 e. The molecule has 2 unspecified atom stereocenters. The Bertz CT molecular complexity index is 650. The molecule has 0 fully saturated rings. The highest BCUT2D eigenvalue weighted by Gasteiger charge is 2.33. The standard InChI is InChI=1S/C22H29NO/c1-17(13-14-18-9-5-4-6-10-18)23-16-19-15-22(2,3)24-21-12-8-7-11-20(19)21/h4-12,17,19,23H,13-16H2,1-3H3. The highest BCUT2D eigenvalue weighted by atomic mass is 16.5. The average Bonchev–Trinajstić information content (AvgIpc) is 2.58. The van der Waals surface area contributed by atoms with Crippen molar-refractivity contribution < 1.29 is 4.74 Å². The van der Waals surface area contributed by atoms with Gasteiger partial charge in [-0.15, -0.1) is 0 Å². The normalized spacial score (nSPS) is 20.0. The van der Waals surface area contributed by atoms with Gasteiger partial charge in [-0.05, 0) is 57.2 Å². The van der Waals surface area contributed by atoms with E-state index in [-0.39, 0.29) is 5.60 Å². The molecule has 0 aromatic heterocycles. The molecule has 1 heterocycles. The molecule has 2 aromatic rings. The second-order valence-electron chi connectivity index (χ2n) is 7.63. The Morgan fingerprint density at radius 1 is 1.08 bits per heavy atom. The summed E-state index contributed by atoms with van der Waals surface area (Å²) in [5.41, 5.74) is 2.68. The first-order valence-corrected chi connectivity index (χ1v) is 9.09. The first kappa shape index (κ1) is 17.0. The first-order chi connectivity index (χ1) is 11.5. The molecule has 3 rings (SSSR count). The van der Waals surface area contributed by atoms with E-state index in [2.05, 4.69) is 80.7 Å². The van der Waals surface area contributed by atoms with E-state index >= 15 is 0 Å². The average molecular weight is 323 g/mol. The highest BCUT2D eigenvalue weighted by molar-refractivity contribution is 5.39. The van der Waals surface area contributed by atoms with E-state index in [9.17, 15) is 0 Å². The minimum Gasteiger partial charge on any atom is -0.488 e. The molecule has 2 heteroatoms. The summed E-state index contributed by atoms with van der Waals surface area (Å²) >= 11 is 0. The summed E-state index contributed by atoms with van der Waals surface area (Å²) in [5.74, 6) is 1.57. The minimum absolute atomic E-state index is 0.0893. The third-order valence-corrected chi connectivity index (χ3v) is 4.90. The van der Waals surface area contributed by atoms with Crippen molar-refractivity contribution in [3.63, 3.8) is 0 Å². The Kier molecular flexibility index (Phi) is 5.25. The Morgan fingerprint density at radius 2 is 1.79 bits per heavy atom. The number of benzene rings is 2. The van der Waals surface area contributed by atoms with Gasteiger partial charge in [-0.3, -0.25) is 0 Å². The van der Waals surface area contributed by atoms with Crippen LogP contribution >= 0.6 is 0 Å². The number of hydrogen-bond donors (Lipinski definition) is 1. The van der Waals surface area contributed by atoms with Gasteiger partial charge < -0.3 is 10.1 Å². The van der Waals surface area contributed by atoms with Crippen LogP contribution in [0.25, 0.3) is 0 Å². The monoisotopic (exact) mass is 323 g/mol. The zero-order valence-corrected chi connectivity index (χ0v) is 15.1. The summed E-state index contributed by atoms with van der Waals surface area (Å²) < 4.78 is 6.13. The maximum atomic E-state index is 6.13. The fourth-order valence-corrected chi connectivity index (χ4v) is 3.61. The summed E-state index contributed by atoms with van der Waals surface area (Å²) in [6.07, 6.45) is 3.35. The van der Waals surface area contributed by atoms with Crippen molar-refractivity contribution in [1.82, 2.24) is 5.32 Å². The van der Waals surface area contributed by atoms with Crippen LogP contribution in [0.15, 0.2) is 54.6 Å². The lowest BCUT2D eigenvalue weighted by atomic mass is 9.84. The molecule has 1 aliphatic heterocycles. The predicted molar refractivity (Wildman–Crippen MR) is 101 cm³/mol. The van der Waals surface area contributed by atoms with Crippen molar-refractivity contribution in [2.45, 2.75) is 57.6 Å². The van der Waals surface area contributed by atoms with Gasteiger partial charge in [0.15, 0.2) is 0 Å². The quantitative estimate of drug-likeness (QED) is 0.813. The lowest BCUT2D eigenvalue weighted by Crippen LogP contribution is -2.39. The van der Waals surface area contributed by atoms with Crippen LogP contribution in [-0.4, -0.2) is 18.2 Å². The lowest BCUT2D eigenvalue weighted by molar-refractivity contribution is 0.0713. The van der Waals surface area contributed by atoms with E-state index in [1.54, 1.807) is 0 Å². The molecule has 0 spiro atoms. The Labute approximate surface area is 146 Å². The number of ether oxygens (including phenoxy) is 1. The van der Waals surface area contributed by atoms with Gasteiger partial charge in [0, 0.05) is 18.5 Å². The molecule has 2 aromatic carbocycles. The van der Waals surface area contributed by atoms with Crippen LogP contribution in [0.5, 0.6) is 5.75 Å². The largest absolute Gasteiger partial charge is 0.488 e. The van der Waals surface area contributed by atoms with Crippen LogP contribution in [-0.2, 0) is 6.42 Å². The SMILES string of the molecule is CC(CCc1ccccc1)NCC1CC(C)(C)Oc2ccccc21. The molecule has 0 radical (unpaired) electrons. The molecule has 2 atom stereocenters. The van der Waals surface area contributed by atoms with E-state index in [0.29, 0.717) is 12.0 Å². The number of aryl methyl sites for hydroxylation is 1. The first-order valence-electron chi connectivity index (χ1n) is 9.09. The van der Waals surface area contributed by atoms with Crippen molar-refractivity contribution in [3.05, 3.63) is 65.7 Å². The molecule has 24 heavy (non-hydrogen) atoms.